The van der Waals surface area contributed by atoms with E-state index in [2.05, 4.69) is 10.6 Å². The number of carbonyl (C=O) groups excluding carboxylic acids is 5. The van der Waals surface area contributed by atoms with Gasteiger partial charge in [-0.05, 0) is 70.1 Å². The number of aliphatic hydroxyl groups is 1. The number of rotatable bonds is 15. The molecule has 0 aromatic heterocycles. The highest BCUT2D eigenvalue weighted by atomic mass is 16.8. The molecule has 1 aromatic rings. The molecule has 3 amide bonds. The zero-order valence-corrected chi connectivity index (χ0v) is 32.3. The van der Waals surface area contributed by atoms with Gasteiger partial charge in [-0.3, -0.25) is 28.8 Å². The molecule has 6 aliphatic rings. The molecule has 6 fully saturated rings. The number of nitrogens with one attached hydrogen (secondary N) is 2. The number of nitrogens with zero attached hydrogens (tertiary/aromatic N) is 2. The van der Waals surface area contributed by atoms with Gasteiger partial charge in [0.15, 0.2) is 11.8 Å². The molecule has 55 heavy (non-hydrogen) atoms. The number of benzene rings is 1. The van der Waals surface area contributed by atoms with Crippen molar-refractivity contribution in [3.63, 3.8) is 0 Å². The van der Waals surface area contributed by atoms with Crippen molar-refractivity contribution >= 4 is 35.7 Å². The molecule has 3 N–H and O–H groups in total. The summed E-state index contributed by atoms with van der Waals surface area (Å²) in [6, 6.07) is 5.72. The van der Waals surface area contributed by atoms with Crippen LogP contribution in [-0.4, -0.2) is 120 Å². The zero-order valence-electron chi connectivity index (χ0n) is 32.3. The summed E-state index contributed by atoms with van der Waals surface area (Å²) in [4.78, 5) is 74.1. The number of hydrogen-bond acceptors (Lipinski definition) is 12. The van der Waals surface area contributed by atoms with Gasteiger partial charge in [0, 0.05) is 57.8 Å². The molecule has 300 valence electrons. The van der Waals surface area contributed by atoms with Gasteiger partial charge in [0.2, 0.25) is 17.7 Å². The highest BCUT2D eigenvalue weighted by molar-refractivity contribution is 5.94. The number of hydroxylamine groups is 2. The highest BCUT2D eigenvalue weighted by Crippen LogP contribution is 2.63. The van der Waals surface area contributed by atoms with Crippen LogP contribution in [0.25, 0.3) is 6.08 Å². The molecule has 7 rings (SSSR count). The third-order valence-corrected chi connectivity index (χ3v) is 11.4. The van der Waals surface area contributed by atoms with E-state index >= 15 is 0 Å². The Labute approximate surface area is 321 Å². The lowest BCUT2D eigenvalue weighted by Crippen LogP contribution is -2.69. The molecule has 3 saturated heterocycles. The second kappa shape index (κ2) is 15.2. The van der Waals surface area contributed by atoms with E-state index in [1.807, 2.05) is 24.3 Å². The first-order chi connectivity index (χ1) is 26.1. The minimum Gasteiger partial charge on any atom is -0.460 e. The number of esters is 2. The van der Waals surface area contributed by atoms with Crippen LogP contribution < -0.4 is 10.6 Å². The molecular formula is C40H54N4O11. The standard InChI is InChI=1S/C40H54N4O11/c1-38(2,3)52-31(48)16-14-27(22-45)42-29(46)17-18-41-37(50)39-20-28-32-33(54-40(53-32,25-10-11-25)26-12-13-26)35(39)55-44(34(39)36(49)51-28)21-24-8-6-7-23(19-24)9-15-30(47)43(4)5/h6-9,15,19,25-28,32-35,45H,10-14,16-18,20-22H2,1-5H3,(H,41,50)(H,42,46). The fraction of sp³-hybridized carbons (Fsp3) is 0.675. The van der Waals surface area contributed by atoms with Crippen LogP contribution in [0, 0.1) is 17.3 Å². The summed E-state index contributed by atoms with van der Waals surface area (Å²) in [7, 11) is 3.35. The fourth-order valence-electron chi connectivity index (χ4n) is 8.61. The van der Waals surface area contributed by atoms with Crippen molar-refractivity contribution in [1.82, 2.24) is 20.6 Å². The Hall–Kier alpha value is -3.89. The Bertz CT molecular complexity index is 1690. The lowest BCUT2D eigenvalue weighted by molar-refractivity contribution is -0.235. The summed E-state index contributed by atoms with van der Waals surface area (Å²) < 4.78 is 25.1. The first-order valence-corrected chi connectivity index (χ1v) is 19.5. The second-order valence-electron chi connectivity index (χ2n) is 17.0. The van der Waals surface area contributed by atoms with Crippen LogP contribution in [0.1, 0.15) is 83.3 Å². The summed E-state index contributed by atoms with van der Waals surface area (Å²) in [5, 5.41) is 17.0. The van der Waals surface area contributed by atoms with Crippen LogP contribution in [0.3, 0.4) is 0 Å². The van der Waals surface area contributed by atoms with E-state index in [0.29, 0.717) is 0 Å². The number of ether oxygens (including phenoxy) is 4. The normalized spacial score (nSPS) is 30.0. The lowest BCUT2D eigenvalue weighted by Gasteiger charge is -2.48. The van der Waals surface area contributed by atoms with E-state index in [1.54, 1.807) is 40.9 Å². The maximum atomic E-state index is 14.6. The smallest absolute Gasteiger partial charge is 0.327 e. The minimum atomic E-state index is -1.40. The molecule has 7 atom stereocenters. The molecule has 3 aliphatic heterocycles. The predicted octanol–water partition coefficient (Wildman–Crippen LogP) is 1.99. The number of fused-ring (bicyclic) bond motifs is 4. The van der Waals surface area contributed by atoms with E-state index < -0.39 is 77.1 Å². The molecular weight excluding hydrogens is 712 g/mol. The summed E-state index contributed by atoms with van der Waals surface area (Å²) in [5.41, 5.74) is -0.480. The van der Waals surface area contributed by atoms with Gasteiger partial charge in [-0.25, -0.2) is 0 Å². The van der Waals surface area contributed by atoms with E-state index in [0.717, 1.165) is 36.8 Å². The average molecular weight is 767 g/mol. The van der Waals surface area contributed by atoms with Gasteiger partial charge < -0.3 is 39.6 Å². The van der Waals surface area contributed by atoms with E-state index in [9.17, 15) is 29.1 Å². The molecule has 3 heterocycles. The summed E-state index contributed by atoms with van der Waals surface area (Å²) in [6.07, 6.45) is 4.54. The van der Waals surface area contributed by atoms with Gasteiger partial charge in [0.05, 0.1) is 19.2 Å². The summed E-state index contributed by atoms with van der Waals surface area (Å²) in [6.45, 7) is 5.02. The Morgan fingerprint density at radius 1 is 1.07 bits per heavy atom. The third-order valence-electron chi connectivity index (χ3n) is 11.4. The minimum absolute atomic E-state index is 0.0203. The van der Waals surface area contributed by atoms with Crippen molar-refractivity contribution in [2.75, 3.05) is 27.2 Å². The number of amides is 3. The SMILES string of the molecule is CN(C)C(=O)C=Cc1cccc(CN2OC3C4OC(C5CC5)(C5CC5)OC4C4CC3(C(=O)NCCC(=O)NC(CO)CCC(=O)OC(C)(C)C)C2C(=O)O4)c1. The van der Waals surface area contributed by atoms with Gasteiger partial charge in [-0.1, -0.05) is 24.3 Å². The third kappa shape index (κ3) is 8.04. The Morgan fingerprint density at radius 2 is 1.78 bits per heavy atom. The molecule has 0 spiro atoms. The molecule has 15 nitrogen and oxygen atoms in total. The van der Waals surface area contributed by atoms with E-state index in [1.165, 1.54) is 16.0 Å². The summed E-state index contributed by atoms with van der Waals surface area (Å²) in [5.74, 6) is -2.36. The lowest BCUT2D eigenvalue weighted by atomic mass is 9.62. The fourth-order valence-corrected chi connectivity index (χ4v) is 8.61. The van der Waals surface area contributed by atoms with E-state index in [-0.39, 0.29) is 63.1 Å². The van der Waals surface area contributed by atoms with Crippen LogP contribution in [0.2, 0.25) is 0 Å². The quantitative estimate of drug-likeness (QED) is 0.175. The molecule has 3 aliphatic carbocycles. The molecule has 1 aromatic carbocycles. The molecule has 15 heteroatoms. The van der Waals surface area contributed by atoms with Crippen LogP contribution >= 0.6 is 0 Å². The summed E-state index contributed by atoms with van der Waals surface area (Å²) >= 11 is 0. The van der Waals surface area contributed by atoms with Crippen LogP contribution in [0.5, 0.6) is 0 Å². The average Bonchev–Trinajstić information content (AvgIpc) is 4.07. The monoisotopic (exact) mass is 766 g/mol. The molecule has 3 saturated carbocycles. The van der Waals surface area contributed by atoms with Crippen molar-refractivity contribution in [1.29, 1.82) is 0 Å². The van der Waals surface area contributed by atoms with Crippen LogP contribution in [-0.2, 0) is 54.3 Å². The molecule has 7 unspecified atom stereocenters. The van der Waals surface area contributed by atoms with Gasteiger partial charge in [0.1, 0.15) is 35.4 Å². The largest absolute Gasteiger partial charge is 0.460 e. The maximum Gasteiger partial charge on any atom is 0.327 e. The van der Waals surface area contributed by atoms with Crippen molar-refractivity contribution in [2.24, 2.45) is 17.3 Å². The zero-order chi connectivity index (χ0) is 39.3. The predicted molar refractivity (Wildman–Crippen MR) is 195 cm³/mol. The maximum absolute atomic E-state index is 14.6. The Balaban J connectivity index is 1.08. The topological polar surface area (TPSA) is 182 Å². The van der Waals surface area contributed by atoms with Gasteiger partial charge in [-0.15, -0.1) is 0 Å². The number of carbonyl (C=O) groups is 5. The second-order valence-corrected chi connectivity index (χ2v) is 17.0. The van der Waals surface area contributed by atoms with Crippen molar-refractivity contribution in [2.45, 2.75) is 127 Å². The van der Waals surface area contributed by atoms with Crippen molar-refractivity contribution in [3.05, 3.63) is 41.5 Å². The molecule has 0 radical (unpaired) electrons. The Morgan fingerprint density at radius 3 is 2.44 bits per heavy atom. The van der Waals surface area contributed by atoms with Gasteiger partial charge >= 0.3 is 11.9 Å². The number of aliphatic hydroxyl groups excluding tert-OH is 1. The number of likely N-dealkylation sites (N-methyl/N-ethyl adjacent to an activating group) is 1. The first kappa shape index (κ1) is 39.3. The number of hydrogen-bond donors (Lipinski definition) is 3. The highest BCUT2D eigenvalue weighted by Gasteiger charge is 2.78. The first-order valence-electron chi connectivity index (χ1n) is 19.5. The van der Waals surface area contributed by atoms with Crippen LogP contribution in [0.4, 0.5) is 0 Å². The van der Waals surface area contributed by atoms with Crippen molar-refractivity contribution in [3.8, 4) is 0 Å². The van der Waals surface area contributed by atoms with Gasteiger partial charge in [-0.2, -0.15) is 5.06 Å². The van der Waals surface area contributed by atoms with E-state index in [4.69, 9.17) is 23.8 Å². The van der Waals surface area contributed by atoms with Gasteiger partial charge in [0.25, 0.3) is 0 Å². The Kier molecular flexibility index (Phi) is 10.9. The van der Waals surface area contributed by atoms with Crippen molar-refractivity contribution < 1.29 is 52.9 Å². The van der Waals surface area contributed by atoms with Crippen LogP contribution in [0.15, 0.2) is 30.3 Å². The molecule has 2 bridgehead atoms.